The number of likely N-dealkylation sites (tertiary alicyclic amines) is 1. The van der Waals surface area contributed by atoms with Crippen molar-refractivity contribution < 1.29 is 32.3 Å². The first kappa shape index (κ1) is 22.7. The smallest absolute Gasteiger partial charge is 0.387 e. The minimum atomic E-state index is -2.91. The molecule has 3 atom stereocenters. The number of hydrogen-bond donors (Lipinski definition) is 3. The van der Waals surface area contributed by atoms with E-state index >= 15 is 0 Å². The molecule has 3 unspecified atom stereocenters. The number of carbonyl (C=O) groups is 1. The van der Waals surface area contributed by atoms with Gasteiger partial charge in [-0.25, -0.2) is 9.69 Å². The zero-order chi connectivity index (χ0) is 20.8. The number of nitrogens with zero attached hydrogens (tertiary/aromatic N) is 1. The molecule has 158 valence electrons. The minimum Gasteiger partial charge on any atom is -0.435 e. The van der Waals surface area contributed by atoms with Crippen LogP contribution in [-0.2, 0) is 15.9 Å². The van der Waals surface area contributed by atoms with E-state index in [9.17, 15) is 22.3 Å². The molecule has 7 nitrogen and oxygen atoms in total. The van der Waals surface area contributed by atoms with Gasteiger partial charge in [0.15, 0.2) is 11.1 Å². The number of amides is 1. The number of hydrogen-bond acceptors (Lipinski definition) is 5. The van der Waals surface area contributed by atoms with Crippen molar-refractivity contribution in [1.82, 2.24) is 10.4 Å². The molecule has 1 fully saturated rings. The van der Waals surface area contributed by atoms with Gasteiger partial charge in [-0.1, -0.05) is 32.0 Å². The second kappa shape index (κ2) is 10.2. The van der Waals surface area contributed by atoms with Crippen LogP contribution in [0.15, 0.2) is 24.3 Å². The highest BCUT2D eigenvalue weighted by Gasteiger charge is 2.40. The van der Waals surface area contributed by atoms with Crippen LogP contribution in [0.1, 0.15) is 38.2 Å². The van der Waals surface area contributed by atoms with E-state index in [0.29, 0.717) is 31.5 Å². The molecule has 3 N–H and O–H groups in total. The molecule has 10 heteroatoms. The second-order valence-electron chi connectivity index (χ2n) is 7.14. The van der Waals surface area contributed by atoms with E-state index in [4.69, 9.17) is 5.21 Å². The van der Waals surface area contributed by atoms with Crippen LogP contribution in [0.25, 0.3) is 0 Å². The normalized spacial score (nSPS) is 19.4. The van der Waals surface area contributed by atoms with Crippen LogP contribution in [0, 0.1) is 11.8 Å². The lowest BCUT2D eigenvalue weighted by Gasteiger charge is -2.39. The van der Waals surface area contributed by atoms with Gasteiger partial charge in [0.25, 0.3) is 0 Å². The van der Waals surface area contributed by atoms with Crippen molar-refractivity contribution >= 4 is 17.0 Å². The van der Waals surface area contributed by atoms with Crippen LogP contribution in [-0.4, -0.2) is 49.9 Å². The third-order valence-corrected chi connectivity index (χ3v) is 6.11. The molecule has 0 bridgehead atoms. The highest BCUT2D eigenvalue weighted by atomic mass is 32.2. The summed E-state index contributed by atoms with van der Waals surface area (Å²) < 4.78 is 51.7. The molecule has 1 amide bonds. The molecule has 1 aromatic carbocycles. The van der Waals surface area contributed by atoms with Crippen molar-refractivity contribution in [2.45, 2.75) is 44.6 Å². The van der Waals surface area contributed by atoms with Crippen LogP contribution >= 0.6 is 0 Å². The van der Waals surface area contributed by atoms with E-state index in [1.54, 1.807) is 42.4 Å². The molecule has 1 aliphatic rings. The number of piperidine rings is 1. The van der Waals surface area contributed by atoms with E-state index in [2.05, 4.69) is 4.74 Å². The molecule has 1 heterocycles. The fraction of sp³-hybridized carbons (Fsp3) is 0.611. The van der Waals surface area contributed by atoms with E-state index in [1.807, 2.05) is 0 Å². The van der Waals surface area contributed by atoms with Crippen LogP contribution in [0.5, 0.6) is 5.75 Å². The number of rotatable bonds is 8. The number of para-hydroxylation sites is 1. The molecule has 2 rings (SSSR count). The summed E-state index contributed by atoms with van der Waals surface area (Å²) in [5.41, 5.74) is 2.26. The Morgan fingerprint density at radius 2 is 1.89 bits per heavy atom. The maximum absolute atomic E-state index is 12.6. The molecule has 1 aromatic rings. The van der Waals surface area contributed by atoms with E-state index in [0.717, 1.165) is 0 Å². The van der Waals surface area contributed by atoms with Crippen molar-refractivity contribution in [3.8, 4) is 5.75 Å². The number of carbonyl (C=O) groups excluding carboxylic acids is 1. The molecule has 1 aliphatic heterocycles. The number of halogens is 2. The average Bonchev–Trinajstić information content (AvgIpc) is 2.65. The van der Waals surface area contributed by atoms with Gasteiger partial charge in [-0.05, 0) is 49.4 Å². The van der Waals surface area contributed by atoms with Crippen molar-refractivity contribution in [3.05, 3.63) is 29.8 Å². The number of alkyl halides is 2. The summed E-state index contributed by atoms with van der Waals surface area (Å²) in [7, 11) is 0. The number of ether oxygens (including phenoxy) is 1. The maximum atomic E-state index is 12.6. The first-order valence-electron chi connectivity index (χ1n) is 9.07. The first-order chi connectivity index (χ1) is 13.3. The Morgan fingerprint density at radius 3 is 2.39 bits per heavy atom. The molecular weight excluding hydrogens is 394 g/mol. The van der Waals surface area contributed by atoms with Crippen LogP contribution in [0.3, 0.4) is 0 Å². The summed E-state index contributed by atoms with van der Waals surface area (Å²) in [5, 5.41) is 8.03. The number of benzene rings is 1. The van der Waals surface area contributed by atoms with Crippen LogP contribution in [0.2, 0.25) is 0 Å². The zero-order valence-corrected chi connectivity index (χ0v) is 16.6. The molecule has 0 spiro atoms. The molecule has 28 heavy (non-hydrogen) atoms. The lowest BCUT2D eigenvalue weighted by atomic mass is 9.87. The van der Waals surface area contributed by atoms with Crippen molar-refractivity contribution in [1.29, 1.82) is 0 Å². The monoisotopic (exact) mass is 420 g/mol. The summed E-state index contributed by atoms with van der Waals surface area (Å²) in [5.74, 6) is -1.76. The van der Waals surface area contributed by atoms with Crippen molar-refractivity contribution in [2.75, 3.05) is 13.1 Å². The maximum Gasteiger partial charge on any atom is 0.387 e. The predicted molar refractivity (Wildman–Crippen MR) is 99.4 cm³/mol. The van der Waals surface area contributed by atoms with Gasteiger partial charge in [-0.15, -0.1) is 0 Å². The predicted octanol–water partition coefficient (Wildman–Crippen LogP) is 2.79. The second-order valence-corrected chi connectivity index (χ2v) is 8.17. The SMILES string of the molecule is CC(C)C(C(=O)NO)C(N1CCC(c2ccccc2OC(F)F)CC1)S(=O)O. The Kier molecular flexibility index (Phi) is 8.29. The van der Waals surface area contributed by atoms with E-state index in [-0.39, 0.29) is 17.6 Å². The van der Waals surface area contributed by atoms with Gasteiger partial charge in [0, 0.05) is 0 Å². The molecule has 1 saturated heterocycles. The standard InChI is InChI=1S/C18H26F2N2O5S/c1-11(2)15(16(23)21-24)17(28(25)26)22-9-7-12(8-10-22)13-5-3-4-6-14(13)27-18(19)20/h3-6,11-12,15,17-18,24H,7-10H2,1-2H3,(H,21,23)(H,25,26). The summed E-state index contributed by atoms with van der Waals surface area (Å²) in [4.78, 5) is 13.8. The average molecular weight is 420 g/mol. The van der Waals surface area contributed by atoms with Gasteiger partial charge in [0.1, 0.15) is 11.1 Å². The Morgan fingerprint density at radius 1 is 1.29 bits per heavy atom. The van der Waals surface area contributed by atoms with Crippen molar-refractivity contribution in [3.63, 3.8) is 0 Å². The summed E-state index contributed by atoms with van der Waals surface area (Å²) in [6.45, 7) is 1.39. The molecular formula is C18H26F2N2O5S. The van der Waals surface area contributed by atoms with Crippen molar-refractivity contribution in [2.24, 2.45) is 11.8 Å². The van der Waals surface area contributed by atoms with Crippen LogP contribution in [0.4, 0.5) is 8.78 Å². The van der Waals surface area contributed by atoms with Gasteiger partial charge >= 0.3 is 6.61 Å². The van der Waals surface area contributed by atoms with Gasteiger partial charge in [-0.3, -0.25) is 14.9 Å². The third-order valence-electron chi connectivity index (χ3n) is 5.11. The molecule has 0 aliphatic carbocycles. The Labute approximate surface area is 165 Å². The summed E-state index contributed by atoms with van der Waals surface area (Å²) >= 11 is -2.31. The fourth-order valence-corrected chi connectivity index (χ4v) is 4.96. The lowest BCUT2D eigenvalue weighted by molar-refractivity contribution is -0.136. The lowest BCUT2D eigenvalue weighted by Crippen LogP contribution is -2.52. The van der Waals surface area contributed by atoms with Crippen LogP contribution < -0.4 is 10.2 Å². The molecule has 0 saturated carbocycles. The van der Waals surface area contributed by atoms with E-state index < -0.39 is 34.9 Å². The Balaban J connectivity index is 2.15. The largest absolute Gasteiger partial charge is 0.435 e. The highest BCUT2D eigenvalue weighted by molar-refractivity contribution is 7.79. The summed E-state index contributed by atoms with van der Waals surface area (Å²) in [6.07, 6.45) is 1.12. The number of nitrogens with one attached hydrogen (secondary N) is 1. The topological polar surface area (TPSA) is 99.1 Å². The van der Waals surface area contributed by atoms with Gasteiger partial charge in [-0.2, -0.15) is 8.78 Å². The number of hydroxylamine groups is 1. The zero-order valence-electron chi connectivity index (χ0n) is 15.8. The Bertz CT molecular complexity index is 684. The minimum absolute atomic E-state index is 0.0388. The highest BCUT2D eigenvalue weighted by Crippen LogP contribution is 2.36. The third kappa shape index (κ3) is 5.47. The molecule has 0 aromatic heterocycles. The first-order valence-corrected chi connectivity index (χ1v) is 10.2. The Hall–Kier alpha value is -1.62. The van der Waals surface area contributed by atoms with Gasteiger partial charge in [0.05, 0.1) is 5.92 Å². The molecule has 0 radical (unpaired) electrons. The quantitative estimate of drug-likeness (QED) is 0.340. The van der Waals surface area contributed by atoms with E-state index in [1.165, 1.54) is 6.07 Å². The summed E-state index contributed by atoms with van der Waals surface area (Å²) in [6, 6.07) is 6.63. The van der Waals surface area contributed by atoms with Gasteiger partial charge < -0.3 is 9.29 Å². The fourth-order valence-electron chi connectivity index (χ4n) is 3.80. The van der Waals surface area contributed by atoms with Gasteiger partial charge in [0.2, 0.25) is 5.91 Å².